The SMILES string of the molecule is Cc1cc(-c2nnn(C)c2C(=O)O)c(Cl)cc1C1CC1. The molecule has 0 saturated heterocycles. The highest BCUT2D eigenvalue weighted by Crippen LogP contribution is 2.44. The summed E-state index contributed by atoms with van der Waals surface area (Å²) in [6, 6.07) is 3.84. The molecule has 0 amide bonds. The van der Waals surface area contributed by atoms with E-state index in [1.165, 1.54) is 23.1 Å². The summed E-state index contributed by atoms with van der Waals surface area (Å²) in [7, 11) is 1.55. The van der Waals surface area contributed by atoms with E-state index in [1.54, 1.807) is 7.05 Å². The van der Waals surface area contributed by atoms with E-state index in [9.17, 15) is 9.90 Å². The summed E-state index contributed by atoms with van der Waals surface area (Å²) in [6.07, 6.45) is 2.39. The number of carboxylic acid groups (broad SMARTS) is 1. The van der Waals surface area contributed by atoms with Crippen LogP contribution in [0.2, 0.25) is 5.02 Å². The monoisotopic (exact) mass is 291 g/mol. The number of nitrogens with zero attached hydrogens (tertiary/aromatic N) is 3. The molecule has 0 radical (unpaired) electrons. The van der Waals surface area contributed by atoms with E-state index in [1.807, 2.05) is 19.1 Å². The minimum Gasteiger partial charge on any atom is -0.476 e. The maximum absolute atomic E-state index is 11.3. The molecule has 0 bridgehead atoms. The lowest BCUT2D eigenvalue weighted by molar-refractivity contribution is 0.0686. The minimum atomic E-state index is -1.06. The third-order valence-corrected chi connectivity index (χ3v) is 3.97. The van der Waals surface area contributed by atoms with Crippen molar-refractivity contribution < 1.29 is 9.90 Å². The summed E-state index contributed by atoms with van der Waals surface area (Å²) >= 11 is 6.32. The maximum atomic E-state index is 11.3. The predicted octanol–water partition coefficient (Wildman–Crippen LogP) is 3.02. The lowest BCUT2D eigenvalue weighted by atomic mass is 9.99. The number of aryl methyl sites for hydroxylation is 2. The Hall–Kier alpha value is -1.88. The number of rotatable bonds is 3. The molecule has 20 heavy (non-hydrogen) atoms. The van der Waals surface area contributed by atoms with Crippen molar-refractivity contribution in [1.29, 1.82) is 0 Å². The second-order valence-electron chi connectivity index (χ2n) is 5.18. The number of carbonyl (C=O) groups is 1. The number of carboxylic acids is 1. The number of halogens is 1. The van der Waals surface area contributed by atoms with Gasteiger partial charge in [-0.15, -0.1) is 5.10 Å². The maximum Gasteiger partial charge on any atom is 0.356 e. The van der Waals surface area contributed by atoms with Gasteiger partial charge in [-0.3, -0.25) is 0 Å². The van der Waals surface area contributed by atoms with Crippen LogP contribution in [0.1, 0.15) is 40.4 Å². The molecule has 1 aromatic carbocycles. The van der Waals surface area contributed by atoms with Crippen LogP contribution in [-0.4, -0.2) is 26.1 Å². The lowest BCUT2D eigenvalue weighted by Crippen LogP contribution is -2.07. The summed E-state index contributed by atoms with van der Waals surface area (Å²) in [6.45, 7) is 2.02. The van der Waals surface area contributed by atoms with Crippen molar-refractivity contribution in [3.63, 3.8) is 0 Å². The van der Waals surface area contributed by atoms with Crippen molar-refractivity contribution in [2.24, 2.45) is 7.05 Å². The molecular weight excluding hydrogens is 278 g/mol. The first-order valence-corrected chi connectivity index (χ1v) is 6.80. The molecule has 0 spiro atoms. The molecule has 1 aliphatic carbocycles. The van der Waals surface area contributed by atoms with Crippen molar-refractivity contribution in [1.82, 2.24) is 15.0 Å². The summed E-state index contributed by atoms with van der Waals surface area (Å²) in [5.74, 6) is -0.463. The van der Waals surface area contributed by atoms with E-state index in [4.69, 9.17) is 11.6 Å². The highest BCUT2D eigenvalue weighted by Gasteiger charge is 2.27. The Labute approximate surface area is 121 Å². The van der Waals surface area contributed by atoms with Crippen molar-refractivity contribution in [2.45, 2.75) is 25.7 Å². The van der Waals surface area contributed by atoms with Crippen LogP contribution >= 0.6 is 11.6 Å². The molecule has 3 rings (SSSR count). The zero-order valence-corrected chi connectivity index (χ0v) is 12.0. The number of aromatic carboxylic acids is 1. The van der Waals surface area contributed by atoms with Crippen LogP contribution in [-0.2, 0) is 7.05 Å². The van der Waals surface area contributed by atoms with Gasteiger partial charge in [0, 0.05) is 12.6 Å². The first kappa shape index (κ1) is 13.1. The third kappa shape index (κ3) is 2.08. The van der Waals surface area contributed by atoms with Crippen LogP contribution < -0.4 is 0 Å². The third-order valence-electron chi connectivity index (χ3n) is 3.66. The topological polar surface area (TPSA) is 68.0 Å². The van der Waals surface area contributed by atoms with Gasteiger partial charge in [-0.05, 0) is 48.9 Å². The molecule has 104 valence electrons. The van der Waals surface area contributed by atoms with E-state index >= 15 is 0 Å². The Balaban J connectivity index is 2.15. The Morgan fingerprint density at radius 1 is 1.45 bits per heavy atom. The highest BCUT2D eigenvalue weighted by molar-refractivity contribution is 6.33. The quantitative estimate of drug-likeness (QED) is 0.944. The molecule has 6 heteroatoms. The van der Waals surface area contributed by atoms with E-state index in [0.717, 1.165) is 5.56 Å². The first-order chi connectivity index (χ1) is 9.49. The van der Waals surface area contributed by atoms with E-state index in [0.29, 0.717) is 22.2 Å². The normalized spacial score (nSPS) is 14.6. The molecule has 5 nitrogen and oxygen atoms in total. The molecule has 0 atom stereocenters. The summed E-state index contributed by atoms with van der Waals surface area (Å²) < 4.78 is 1.25. The van der Waals surface area contributed by atoms with Crippen LogP contribution in [0.25, 0.3) is 11.3 Å². The fourth-order valence-electron chi connectivity index (χ4n) is 2.49. The molecule has 1 N–H and O–H groups in total. The fraction of sp³-hybridized carbons (Fsp3) is 0.357. The van der Waals surface area contributed by atoms with Gasteiger partial charge in [-0.25, -0.2) is 9.48 Å². The number of hydrogen-bond acceptors (Lipinski definition) is 3. The van der Waals surface area contributed by atoms with Crippen molar-refractivity contribution >= 4 is 17.6 Å². The van der Waals surface area contributed by atoms with Gasteiger partial charge < -0.3 is 5.11 Å². The molecule has 2 aromatic rings. The van der Waals surface area contributed by atoms with Gasteiger partial charge in [0.05, 0.1) is 5.02 Å². The molecule has 1 aliphatic rings. The molecular formula is C14H14ClN3O2. The fourth-order valence-corrected chi connectivity index (χ4v) is 2.75. The van der Waals surface area contributed by atoms with Crippen molar-refractivity contribution in [2.75, 3.05) is 0 Å². The predicted molar refractivity (Wildman–Crippen MR) is 75.1 cm³/mol. The number of hydrogen-bond donors (Lipinski definition) is 1. The molecule has 1 saturated carbocycles. The average Bonchev–Trinajstić information content (AvgIpc) is 3.14. The standard InChI is InChI=1S/C14H14ClN3O2/c1-7-5-10(11(15)6-9(7)8-3-4-8)12-13(14(19)20)18(2)17-16-12/h5-6,8H,3-4H2,1-2H3,(H,19,20). The van der Waals surface area contributed by atoms with Gasteiger partial charge in [0.1, 0.15) is 5.69 Å². The van der Waals surface area contributed by atoms with Crippen LogP contribution in [0.5, 0.6) is 0 Å². The van der Waals surface area contributed by atoms with E-state index in [2.05, 4.69) is 10.3 Å². The molecule has 1 fully saturated rings. The number of benzene rings is 1. The van der Waals surface area contributed by atoms with Gasteiger partial charge in [0.15, 0.2) is 5.69 Å². The Kier molecular flexibility index (Phi) is 3.01. The van der Waals surface area contributed by atoms with E-state index in [-0.39, 0.29) is 5.69 Å². The van der Waals surface area contributed by atoms with Gasteiger partial charge in [0.2, 0.25) is 0 Å². The van der Waals surface area contributed by atoms with Crippen molar-refractivity contribution in [3.8, 4) is 11.3 Å². The first-order valence-electron chi connectivity index (χ1n) is 6.42. The second-order valence-corrected chi connectivity index (χ2v) is 5.59. The summed E-state index contributed by atoms with van der Waals surface area (Å²) in [5, 5.41) is 17.5. The molecule has 0 unspecified atom stereocenters. The second kappa shape index (κ2) is 4.59. The van der Waals surface area contributed by atoms with Crippen LogP contribution in [0.4, 0.5) is 0 Å². The smallest absolute Gasteiger partial charge is 0.356 e. The van der Waals surface area contributed by atoms with Crippen LogP contribution in [0.3, 0.4) is 0 Å². The van der Waals surface area contributed by atoms with Crippen molar-refractivity contribution in [3.05, 3.63) is 34.0 Å². The average molecular weight is 292 g/mol. The highest BCUT2D eigenvalue weighted by atomic mass is 35.5. The zero-order chi connectivity index (χ0) is 14.4. The Bertz CT molecular complexity index is 705. The van der Waals surface area contributed by atoms with Gasteiger partial charge in [-0.2, -0.15) is 0 Å². The van der Waals surface area contributed by atoms with Crippen LogP contribution in [0, 0.1) is 6.92 Å². The lowest BCUT2D eigenvalue weighted by Gasteiger charge is -2.09. The van der Waals surface area contributed by atoms with Gasteiger partial charge >= 0.3 is 5.97 Å². The molecule has 1 heterocycles. The van der Waals surface area contributed by atoms with Gasteiger partial charge in [0.25, 0.3) is 0 Å². The van der Waals surface area contributed by atoms with E-state index < -0.39 is 5.97 Å². The Morgan fingerprint density at radius 2 is 2.15 bits per heavy atom. The largest absolute Gasteiger partial charge is 0.476 e. The van der Waals surface area contributed by atoms with Crippen LogP contribution in [0.15, 0.2) is 12.1 Å². The molecule has 1 aromatic heterocycles. The molecule has 0 aliphatic heterocycles. The summed E-state index contributed by atoms with van der Waals surface area (Å²) in [5.41, 5.74) is 3.35. The van der Waals surface area contributed by atoms with Gasteiger partial charge in [-0.1, -0.05) is 16.8 Å². The zero-order valence-electron chi connectivity index (χ0n) is 11.2. The minimum absolute atomic E-state index is 0.0467. The Morgan fingerprint density at radius 3 is 2.75 bits per heavy atom. The number of aromatic nitrogens is 3. The summed E-state index contributed by atoms with van der Waals surface area (Å²) in [4.78, 5) is 11.3.